The molecule has 1 saturated carbocycles. The first kappa shape index (κ1) is 49.0. The van der Waals surface area contributed by atoms with E-state index in [-0.39, 0.29) is 55.0 Å². The van der Waals surface area contributed by atoms with Gasteiger partial charge in [-0.05, 0) is 80.3 Å². The number of carbonyl (C=O) groups excluding carboxylic acids is 4. The van der Waals surface area contributed by atoms with Crippen molar-refractivity contribution in [3.8, 4) is 0 Å². The Labute approximate surface area is 371 Å². The van der Waals surface area contributed by atoms with Crippen LogP contribution in [0.2, 0.25) is 0 Å². The molecule has 0 aromatic rings. The maximum Gasteiger partial charge on any atom is 0.331 e. The van der Waals surface area contributed by atoms with Gasteiger partial charge in [-0.3, -0.25) is 14.4 Å². The van der Waals surface area contributed by atoms with Crippen LogP contribution in [0.15, 0.2) is 95.1 Å². The van der Waals surface area contributed by atoms with Crippen LogP contribution in [0.3, 0.4) is 0 Å². The summed E-state index contributed by atoms with van der Waals surface area (Å²) in [6, 6.07) is 0. The molecular formula is C49H62N2O12. The molecule has 5 aliphatic heterocycles. The highest BCUT2D eigenvalue weighted by Crippen LogP contribution is 2.53. The van der Waals surface area contributed by atoms with Crippen molar-refractivity contribution in [2.75, 3.05) is 79.0 Å². The molecule has 63 heavy (non-hydrogen) atoms. The normalized spacial score (nSPS) is 27.9. The number of fused-ring (bicyclic) bond motifs is 2. The van der Waals surface area contributed by atoms with Crippen molar-refractivity contribution < 1.29 is 57.1 Å². The molecule has 5 saturated heterocycles. The summed E-state index contributed by atoms with van der Waals surface area (Å²) in [4.78, 5) is 53.7. The fraction of sp³-hybridized carbons (Fsp3) is 0.592. The highest BCUT2D eigenvalue weighted by Gasteiger charge is 2.57. The Bertz CT molecular complexity index is 1960. The van der Waals surface area contributed by atoms with Crippen LogP contribution in [0.25, 0.3) is 0 Å². The molecule has 8 aliphatic rings. The van der Waals surface area contributed by atoms with Crippen molar-refractivity contribution >= 4 is 23.8 Å². The highest BCUT2D eigenvalue weighted by atomic mass is 16.7. The second-order valence-electron chi connectivity index (χ2n) is 16.1. The third-order valence-electron chi connectivity index (χ3n) is 12.1. The summed E-state index contributed by atoms with van der Waals surface area (Å²) in [6.45, 7) is 17.3. The number of rotatable bonds is 6. The van der Waals surface area contributed by atoms with E-state index in [1.807, 2.05) is 11.8 Å². The number of morpholine rings is 2. The Hall–Kier alpha value is -4.98. The number of carbonyl (C=O) groups is 4. The summed E-state index contributed by atoms with van der Waals surface area (Å²) < 4.78 is 44.8. The average molecular weight is 871 g/mol. The van der Waals surface area contributed by atoms with Gasteiger partial charge in [0, 0.05) is 69.9 Å². The monoisotopic (exact) mass is 870 g/mol. The largest absolute Gasteiger partial charge is 0.462 e. The number of hydrogen-bond acceptors (Lipinski definition) is 12. The van der Waals surface area contributed by atoms with Crippen LogP contribution >= 0.6 is 0 Å². The van der Waals surface area contributed by atoms with Gasteiger partial charge in [0.05, 0.1) is 64.7 Å². The molecule has 6 fully saturated rings. The van der Waals surface area contributed by atoms with E-state index >= 15 is 0 Å². The standard InChI is InChI=1S/2C20H27NO6.C8H4.CH4/c1-12-16-15(19(23)27-12)10-13-11-20(25-8-9-26-20)3-2-14(13)17(16)18(22)21-4-6-24-7-5-21;1-16(4-6-18(22)21-9-11-24-12-10-21)27-19(23)7-5-17-3-2-8-20(15-17)25-13-14-26-20;1-3-5-7-8-6-4-2;/h10,12,14-17H,2-9,11H2,1H3;3-7,16H,2,8-15H2,1H3;1-2H2;1H4/b;6-4-,7-5+;;/t12?,14-,15-,16-,17+;16-;;/m11../s1. The molecule has 0 bridgehead atoms. The molecule has 5 heterocycles. The van der Waals surface area contributed by atoms with Crippen molar-refractivity contribution in [1.82, 2.24) is 9.80 Å². The maximum absolute atomic E-state index is 13.5. The zero-order valence-electron chi connectivity index (χ0n) is 35.9. The Morgan fingerprint density at radius 3 is 2.02 bits per heavy atom. The Balaban J connectivity index is 0.000000200. The van der Waals surface area contributed by atoms with Gasteiger partial charge in [0.2, 0.25) is 11.8 Å². The van der Waals surface area contributed by atoms with Crippen LogP contribution in [-0.2, 0) is 57.1 Å². The summed E-state index contributed by atoms with van der Waals surface area (Å²) >= 11 is 0. The molecule has 6 atom stereocenters. The Morgan fingerprint density at radius 1 is 0.825 bits per heavy atom. The number of ether oxygens (including phenoxy) is 8. The molecule has 14 nitrogen and oxygen atoms in total. The van der Waals surface area contributed by atoms with Crippen LogP contribution in [-0.4, -0.2) is 136 Å². The van der Waals surface area contributed by atoms with Crippen molar-refractivity contribution in [2.24, 2.45) is 23.7 Å². The van der Waals surface area contributed by atoms with Gasteiger partial charge in [0.25, 0.3) is 0 Å². The second kappa shape index (κ2) is 23.6. The molecule has 2 amide bonds. The molecule has 0 aromatic heterocycles. The average Bonchev–Trinajstić information content (AvgIpc) is 4.02. The Kier molecular flexibility index (Phi) is 18.4. The molecule has 0 N–H and O–H groups in total. The summed E-state index contributed by atoms with van der Waals surface area (Å²) in [5.41, 5.74) is 16.6. The fourth-order valence-electron chi connectivity index (χ4n) is 9.26. The van der Waals surface area contributed by atoms with E-state index in [0.717, 1.165) is 36.8 Å². The van der Waals surface area contributed by atoms with Gasteiger partial charge in [-0.15, -0.1) is 0 Å². The van der Waals surface area contributed by atoms with E-state index in [1.54, 1.807) is 24.0 Å². The van der Waals surface area contributed by atoms with Crippen molar-refractivity contribution in [1.29, 1.82) is 0 Å². The minimum Gasteiger partial charge on any atom is -0.462 e. The third kappa shape index (κ3) is 13.0. The lowest BCUT2D eigenvalue weighted by Crippen LogP contribution is -2.52. The van der Waals surface area contributed by atoms with E-state index in [1.165, 1.54) is 12.2 Å². The van der Waals surface area contributed by atoms with E-state index in [2.05, 4.69) is 59.7 Å². The second-order valence-corrected chi connectivity index (χ2v) is 16.1. The first-order valence-electron chi connectivity index (χ1n) is 21.6. The van der Waals surface area contributed by atoms with Crippen LogP contribution in [0.4, 0.5) is 0 Å². The van der Waals surface area contributed by atoms with Crippen LogP contribution in [0.5, 0.6) is 0 Å². The van der Waals surface area contributed by atoms with Gasteiger partial charge in [-0.2, -0.15) is 0 Å². The highest BCUT2D eigenvalue weighted by molar-refractivity contribution is 5.88. The first-order chi connectivity index (χ1) is 30.1. The number of allylic oxidation sites excluding steroid dienone is 2. The van der Waals surface area contributed by atoms with E-state index < -0.39 is 23.6 Å². The molecule has 8 rings (SSSR count). The number of hydrogen-bond donors (Lipinski definition) is 0. The van der Waals surface area contributed by atoms with Gasteiger partial charge in [0.1, 0.15) is 12.2 Å². The summed E-state index contributed by atoms with van der Waals surface area (Å²) in [5, 5.41) is 0. The van der Waals surface area contributed by atoms with Crippen molar-refractivity contribution in [3.63, 3.8) is 0 Å². The van der Waals surface area contributed by atoms with Crippen molar-refractivity contribution in [3.05, 3.63) is 95.1 Å². The molecular weight excluding hydrogens is 809 g/mol. The lowest BCUT2D eigenvalue weighted by atomic mass is 9.61. The summed E-state index contributed by atoms with van der Waals surface area (Å²) in [5.74, 6) is -2.16. The van der Waals surface area contributed by atoms with Gasteiger partial charge >= 0.3 is 11.9 Å². The van der Waals surface area contributed by atoms with E-state index in [9.17, 15) is 19.2 Å². The lowest BCUT2D eigenvalue weighted by Gasteiger charge is -2.46. The number of amides is 2. The molecule has 1 unspecified atom stereocenters. The fourth-order valence-corrected chi connectivity index (χ4v) is 9.26. The number of nitrogens with zero attached hydrogens (tertiary/aromatic N) is 2. The van der Waals surface area contributed by atoms with Crippen LogP contribution < -0.4 is 0 Å². The van der Waals surface area contributed by atoms with Gasteiger partial charge < -0.3 is 47.7 Å². The molecule has 0 aromatic carbocycles. The summed E-state index contributed by atoms with van der Waals surface area (Å²) in [7, 11) is 0. The molecule has 340 valence electrons. The predicted molar refractivity (Wildman–Crippen MR) is 230 cm³/mol. The summed E-state index contributed by atoms with van der Waals surface area (Å²) in [6.07, 6.45) is 14.3. The van der Waals surface area contributed by atoms with Gasteiger partial charge in [0.15, 0.2) is 11.6 Å². The molecule has 2 spiro atoms. The van der Waals surface area contributed by atoms with Gasteiger partial charge in [-0.1, -0.05) is 42.7 Å². The topological polar surface area (TPSA) is 149 Å². The smallest absolute Gasteiger partial charge is 0.331 e. The Morgan fingerprint density at radius 2 is 1.41 bits per heavy atom. The van der Waals surface area contributed by atoms with Crippen molar-refractivity contribution in [2.45, 2.75) is 83.6 Å². The first-order valence-corrected chi connectivity index (χ1v) is 21.6. The van der Waals surface area contributed by atoms with Gasteiger partial charge in [-0.25, -0.2) is 4.79 Å². The van der Waals surface area contributed by atoms with E-state index in [0.29, 0.717) is 91.9 Å². The molecule has 0 radical (unpaired) electrons. The maximum atomic E-state index is 13.5. The minimum atomic E-state index is -0.560. The quantitative estimate of drug-likeness (QED) is 0.149. The molecule has 3 aliphatic carbocycles. The third-order valence-corrected chi connectivity index (χ3v) is 12.1. The van der Waals surface area contributed by atoms with Crippen LogP contribution in [0.1, 0.15) is 59.8 Å². The van der Waals surface area contributed by atoms with E-state index in [4.69, 9.17) is 37.9 Å². The number of cyclic esters (lactones) is 1. The zero-order valence-corrected chi connectivity index (χ0v) is 35.9. The number of esters is 2. The van der Waals surface area contributed by atoms with Crippen LogP contribution in [0, 0.1) is 23.7 Å². The predicted octanol–water partition coefficient (Wildman–Crippen LogP) is 5.23. The lowest BCUT2D eigenvalue weighted by molar-refractivity contribution is -0.177. The molecule has 14 heteroatoms. The minimum absolute atomic E-state index is 0. The SMILES string of the molecule is C.C=C=C=C=C=C=C=C.CC1OC(=O)[C@@H]2C=C3CC4(CC[C@H]3[C@H](C(=O)N3CCOCC3)[C@H]12)OCCO4.C[C@H](/C=C\C(=O)N1CCOCC1)OC(=O)/C=C/C1=CCCC2(C1)OCCO2. The zero-order chi connectivity index (χ0) is 44.0.